The number of hydrogen-bond acceptors (Lipinski definition) is 4. The summed E-state index contributed by atoms with van der Waals surface area (Å²) in [6.07, 6.45) is 1.67. The van der Waals surface area contributed by atoms with Gasteiger partial charge in [0.25, 0.3) is 0 Å². The highest BCUT2D eigenvalue weighted by Gasteiger charge is 2.17. The van der Waals surface area contributed by atoms with Gasteiger partial charge in [-0.3, -0.25) is 4.79 Å². The third-order valence-corrected chi connectivity index (χ3v) is 2.46. The number of phenols is 2. The number of hydrogen-bond donors (Lipinski definition) is 3. The van der Waals surface area contributed by atoms with Crippen LogP contribution in [0.4, 0.5) is 0 Å². The van der Waals surface area contributed by atoms with Gasteiger partial charge in [0.1, 0.15) is 5.76 Å². The second-order valence-corrected chi connectivity index (χ2v) is 3.58. The lowest BCUT2D eigenvalue weighted by Gasteiger charge is -2.09. The molecule has 0 saturated heterocycles. The zero-order valence-corrected chi connectivity index (χ0v) is 8.88. The van der Waals surface area contributed by atoms with Gasteiger partial charge in [-0.2, -0.15) is 0 Å². The maximum atomic E-state index is 11.2. The Kier molecular flexibility index (Phi) is 2.74. The molecule has 5 heteroatoms. The molecule has 0 radical (unpaired) electrons. The van der Waals surface area contributed by atoms with Crippen molar-refractivity contribution in [2.75, 3.05) is 0 Å². The molecule has 1 heterocycles. The number of carbonyl (C=O) groups excluding carboxylic acids is 1. The van der Waals surface area contributed by atoms with Gasteiger partial charge in [-0.1, -0.05) is 0 Å². The summed E-state index contributed by atoms with van der Waals surface area (Å²) < 4.78 is 5.12. The molecular formula is C12H11NO4. The lowest BCUT2D eigenvalue weighted by atomic mass is 10.0. The van der Waals surface area contributed by atoms with Crippen molar-refractivity contribution in [1.29, 1.82) is 0 Å². The van der Waals surface area contributed by atoms with E-state index in [1.807, 2.05) is 0 Å². The van der Waals surface area contributed by atoms with Crippen LogP contribution in [0.25, 0.3) is 0 Å². The Morgan fingerprint density at radius 3 is 2.65 bits per heavy atom. The van der Waals surface area contributed by atoms with Crippen molar-refractivity contribution in [2.24, 2.45) is 5.73 Å². The summed E-state index contributed by atoms with van der Waals surface area (Å²) >= 11 is 0. The minimum atomic E-state index is -0.665. The summed E-state index contributed by atoms with van der Waals surface area (Å²) in [6, 6.07) is 5.99. The standard InChI is InChI=1S/C12H11NO4/c13-12(16)8-3-4-10(14)11(15)9(8)6-7-2-1-5-17-7/h1-5,14-15H,6H2,(H2,13,16). The number of furan rings is 1. The molecule has 17 heavy (non-hydrogen) atoms. The molecular weight excluding hydrogens is 222 g/mol. The van der Waals surface area contributed by atoms with Crippen LogP contribution in [0.15, 0.2) is 34.9 Å². The normalized spacial score (nSPS) is 10.4. The van der Waals surface area contributed by atoms with Gasteiger partial charge in [0.2, 0.25) is 5.91 Å². The smallest absolute Gasteiger partial charge is 0.249 e. The zero-order valence-electron chi connectivity index (χ0n) is 8.88. The molecule has 0 unspecified atom stereocenters. The molecule has 4 N–H and O–H groups in total. The molecule has 1 aromatic carbocycles. The number of primary amides is 1. The minimum absolute atomic E-state index is 0.164. The van der Waals surface area contributed by atoms with Crippen molar-refractivity contribution in [2.45, 2.75) is 6.42 Å². The molecule has 0 fully saturated rings. The number of rotatable bonds is 3. The fourth-order valence-corrected chi connectivity index (χ4v) is 1.62. The second-order valence-electron chi connectivity index (χ2n) is 3.58. The highest BCUT2D eigenvalue weighted by atomic mass is 16.3. The number of benzene rings is 1. The van der Waals surface area contributed by atoms with Gasteiger partial charge in [0, 0.05) is 17.5 Å². The largest absolute Gasteiger partial charge is 0.504 e. The van der Waals surface area contributed by atoms with Crippen LogP contribution >= 0.6 is 0 Å². The summed E-state index contributed by atoms with van der Waals surface area (Å²) in [5.41, 5.74) is 5.62. The van der Waals surface area contributed by atoms with E-state index < -0.39 is 5.91 Å². The lowest BCUT2D eigenvalue weighted by Crippen LogP contribution is -2.14. The topological polar surface area (TPSA) is 96.7 Å². The number of carbonyl (C=O) groups is 1. The fourth-order valence-electron chi connectivity index (χ4n) is 1.62. The van der Waals surface area contributed by atoms with E-state index in [1.165, 1.54) is 18.4 Å². The van der Waals surface area contributed by atoms with Crippen molar-refractivity contribution in [1.82, 2.24) is 0 Å². The van der Waals surface area contributed by atoms with Crippen LogP contribution in [0.2, 0.25) is 0 Å². The van der Waals surface area contributed by atoms with Crippen LogP contribution in [0, 0.1) is 0 Å². The first-order valence-corrected chi connectivity index (χ1v) is 4.95. The monoisotopic (exact) mass is 233 g/mol. The van der Waals surface area contributed by atoms with Crippen LogP contribution in [-0.2, 0) is 6.42 Å². The molecule has 2 aromatic rings. The molecule has 1 amide bonds. The van der Waals surface area contributed by atoms with E-state index in [1.54, 1.807) is 12.1 Å². The van der Waals surface area contributed by atoms with E-state index in [0.29, 0.717) is 5.76 Å². The van der Waals surface area contributed by atoms with E-state index in [0.717, 1.165) is 0 Å². The van der Waals surface area contributed by atoms with E-state index in [2.05, 4.69) is 0 Å². The average molecular weight is 233 g/mol. The molecule has 0 saturated carbocycles. The summed E-state index contributed by atoms with van der Waals surface area (Å²) in [4.78, 5) is 11.2. The van der Waals surface area contributed by atoms with Gasteiger partial charge in [0.15, 0.2) is 11.5 Å². The highest BCUT2D eigenvalue weighted by molar-refractivity contribution is 5.95. The molecule has 5 nitrogen and oxygen atoms in total. The molecule has 0 aliphatic heterocycles. The summed E-state index contributed by atoms with van der Waals surface area (Å²) in [7, 11) is 0. The maximum absolute atomic E-state index is 11.2. The van der Waals surface area contributed by atoms with Gasteiger partial charge in [0.05, 0.1) is 6.26 Å². The van der Waals surface area contributed by atoms with Gasteiger partial charge in [-0.05, 0) is 24.3 Å². The van der Waals surface area contributed by atoms with E-state index in [9.17, 15) is 15.0 Å². The molecule has 0 aliphatic carbocycles. The summed E-state index contributed by atoms with van der Waals surface area (Å²) in [6.45, 7) is 0. The average Bonchev–Trinajstić information content (AvgIpc) is 2.77. The first kappa shape index (κ1) is 11.1. The van der Waals surface area contributed by atoms with Crippen LogP contribution in [0.5, 0.6) is 11.5 Å². The second kappa shape index (κ2) is 4.21. The van der Waals surface area contributed by atoms with Gasteiger partial charge in [-0.15, -0.1) is 0 Å². The Labute approximate surface area is 97.1 Å². The summed E-state index contributed by atoms with van der Waals surface area (Å²) in [5, 5.41) is 19.1. The third kappa shape index (κ3) is 2.08. The van der Waals surface area contributed by atoms with E-state index in [4.69, 9.17) is 10.2 Å². The molecule has 0 spiro atoms. The molecule has 88 valence electrons. The Balaban J connectivity index is 2.49. The van der Waals surface area contributed by atoms with Crippen molar-refractivity contribution in [3.63, 3.8) is 0 Å². The molecule has 0 bridgehead atoms. The van der Waals surface area contributed by atoms with E-state index in [-0.39, 0.29) is 29.0 Å². The number of aromatic hydroxyl groups is 2. The van der Waals surface area contributed by atoms with E-state index >= 15 is 0 Å². The van der Waals surface area contributed by atoms with Crippen LogP contribution in [-0.4, -0.2) is 16.1 Å². The Morgan fingerprint density at radius 2 is 2.06 bits per heavy atom. The summed E-state index contributed by atoms with van der Waals surface area (Å²) in [5.74, 6) is -0.746. The zero-order chi connectivity index (χ0) is 12.4. The Hall–Kier alpha value is -2.43. The maximum Gasteiger partial charge on any atom is 0.249 e. The first-order valence-electron chi connectivity index (χ1n) is 4.95. The van der Waals surface area contributed by atoms with Gasteiger partial charge >= 0.3 is 0 Å². The minimum Gasteiger partial charge on any atom is -0.504 e. The Morgan fingerprint density at radius 1 is 1.29 bits per heavy atom. The van der Waals surface area contributed by atoms with Crippen molar-refractivity contribution in [3.8, 4) is 11.5 Å². The quantitative estimate of drug-likeness (QED) is 0.697. The predicted octanol–water partition coefficient (Wildman–Crippen LogP) is 1.38. The van der Waals surface area contributed by atoms with Crippen LogP contribution < -0.4 is 5.73 Å². The molecule has 1 aromatic heterocycles. The number of phenolic OH excluding ortho intramolecular Hbond substituents is 2. The van der Waals surface area contributed by atoms with Gasteiger partial charge in [-0.25, -0.2) is 0 Å². The van der Waals surface area contributed by atoms with Gasteiger partial charge < -0.3 is 20.4 Å². The van der Waals surface area contributed by atoms with Crippen LogP contribution in [0.1, 0.15) is 21.7 Å². The number of amides is 1. The number of nitrogens with two attached hydrogens (primary N) is 1. The van der Waals surface area contributed by atoms with Crippen molar-refractivity contribution in [3.05, 3.63) is 47.4 Å². The SMILES string of the molecule is NC(=O)c1ccc(O)c(O)c1Cc1ccco1. The molecule has 2 rings (SSSR count). The molecule has 0 aliphatic rings. The fraction of sp³-hybridized carbons (Fsp3) is 0.0833. The molecule has 0 atom stereocenters. The predicted molar refractivity (Wildman–Crippen MR) is 59.8 cm³/mol. The van der Waals surface area contributed by atoms with Crippen molar-refractivity contribution >= 4 is 5.91 Å². The highest BCUT2D eigenvalue weighted by Crippen LogP contribution is 2.32. The van der Waals surface area contributed by atoms with Crippen molar-refractivity contribution < 1.29 is 19.4 Å². The first-order chi connectivity index (χ1) is 8.09. The van der Waals surface area contributed by atoms with Crippen LogP contribution in [0.3, 0.4) is 0 Å². The lowest BCUT2D eigenvalue weighted by molar-refractivity contribution is 0.0999. The third-order valence-electron chi connectivity index (χ3n) is 2.46. The Bertz CT molecular complexity index is 546.